The van der Waals surface area contributed by atoms with Gasteiger partial charge in [-0.15, -0.1) is 0 Å². The standard InChI is InChI=1S/C27H24N4O4/c1-17-7-3-4-8-18(17)13-20(15-31-26(33)21-9-5-6-10-22(21)27(31)34)29-25(32)19-14-24(35-16-19)23-11-12-28-30(23)2/h3-12,14,16,20H,13,15H2,1-2H3,(H,29,32)/t20-/m0/s1. The molecule has 1 N–H and O–H groups in total. The van der Waals surface area contributed by atoms with Gasteiger partial charge in [-0.2, -0.15) is 5.10 Å². The van der Waals surface area contributed by atoms with Gasteiger partial charge < -0.3 is 9.73 Å². The van der Waals surface area contributed by atoms with Crippen molar-refractivity contribution in [1.29, 1.82) is 0 Å². The van der Waals surface area contributed by atoms with Crippen LogP contribution in [0.5, 0.6) is 0 Å². The summed E-state index contributed by atoms with van der Waals surface area (Å²) in [5, 5.41) is 7.14. The second-order valence-corrected chi connectivity index (χ2v) is 8.61. The molecule has 0 fully saturated rings. The molecule has 8 nitrogen and oxygen atoms in total. The minimum absolute atomic E-state index is 0.0544. The molecule has 2 aromatic heterocycles. The molecule has 5 rings (SSSR count). The molecule has 0 spiro atoms. The number of imide groups is 1. The van der Waals surface area contributed by atoms with Gasteiger partial charge in [-0.3, -0.25) is 24.0 Å². The zero-order chi connectivity index (χ0) is 24.5. The van der Waals surface area contributed by atoms with Crippen molar-refractivity contribution >= 4 is 17.7 Å². The second kappa shape index (κ2) is 9.06. The number of carbonyl (C=O) groups is 3. The van der Waals surface area contributed by atoms with Gasteiger partial charge in [-0.25, -0.2) is 0 Å². The van der Waals surface area contributed by atoms with Crippen LogP contribution in [0.1, 0.15) is 42.2 Å². The fourth-order valence-corrected chi connectivity index (χ4v) is 4.37. The fraction of sp³-hybridized carbons (Fsp3) is 0.185. The molecule has 4 aromatic rings. The molecule has 176 valence electrons. The summed E-state index contributed by atoms with van der Waals surface area (Å²) in [7, 11) is 1.79. The van der Waals surface area contributed by atoms with E-state index in [-0.39, 0.29) is 24.3 Å². The number of furan rings is 1. The molecule has 1 atom stereocenters. The number of amides is 3. The maximum absolute atomic E-state index is 13.2. The van der Waals surface area contributed by atoms with Crippen molar-refractivity contribution < 1.29 is 18.8 Å². The number of carbonyl (C=O) groups excluding carboxylic acids is 3. The number of fused-ring (bicyclic) bond motifs is 1. The summed E-state index contributed by atoms with van der Waals surface area (Å²) in [5.41, 5.74) is 3.95. The molecule has 3 amide bonds. The second-order valence-electron chi connectivity index (χ2n) is 8.61. The van der Waals surface area contributed by atoms with Crippen molar-refractivity contribution in [3.8, 4) is 11.5 Å². The maximum atomic E-state index is 13.2. The van der Waals surface area contributed by atoms with Crippen molar-refractivity contribution in [2.75, 3.05) is 6.54 Å². The van der Waals surface area contributed by atoms with Gasteiger partial charge >= 0.3 is 0 Å². The lowest BCUT2D eigenvalue weighted by Gasteiger charge is -2.24. The molecule has 0 radical (unpaired) electrons. The summed E-state index contributed by atoms with van der Waals surface area (Å²) in [5.74, 6) is -0.531. The number of nitrogens with one attached hydrogen (secondary N) is 1. The molecule has 0 bridgehead atoms. The Labute approximate surface area is 202 Å². The van der Waals surface area contributed by atoms with Gasteiger partial charge in [0.25, 0.3) is 17.7 Å². The van der Waals surface area contributed by atoms with E-state index in [2.05, 4.69) is 10.4 Å². The molecular formula is C27H24N4O4. The summed E-state index contributed by atoms with van der Waals surface area (Å²) in [6, 6.07) is 17.6. The third-order valence-corrected chi connectivity index (χ3v) is 6.28. The van der Waals surface area contributed by atoms with E-state index in [1.807, 2.05) is 31.2 Å². The molecule has 1 aliphatic rings. The van der Waals surface area contributed by atoms with E-state index in [4.69, 9.17) is 4.42 Å². The predicted molar refractivity (Wildman–Crippen MR) is 129 cm³/mol. The van der Waals surface area contributed by atoms with Crippen LogP contribution in [-0.2, 0) is 13.5 Å². The Morgan fingerprint density at radius 2 is 1.71 bits per heavy atom. The lowest BCUT2D eigenvalue weighted by Crippen LogP contribution is -2.47. The first-order valence-electron chi connectivity index (χ1n) is 11.3. The Morgan fingerprint density at radius 3 is 2.37 bits per heavy atom. The van der Waals surface area contributed by atoms with Crippen LogP contribution in [0.2, 0.25) is 0 Å². The molecule has 0 saturated carbocycles. The first-order valence-corrected chi connectivity index (χ1v) is 11.3. The van der Waals surface area contributed by atoms with Crippen molar-refractivity contribution in [3.05, 3.63) is 101 Å². The fourth-order valence-electron chi connectivity index (χ4n) is 4.37. The molecular weight excluding hydrogens is 444 g/mol. The normalized spacial score (nSPS) is 13.7. The number of hydrogen-bond acceptors (Lipinski definition) is 5. The number of aryl methyl sites for hydroxylation is 2. The first kappa shape index (κ1) is 22.3. The van der Waals surface area contributed by atoms with Crippen LogP contribution in [0.4, 0.5) is 0 Å². The average molecular weight is 469 g/mol. The van der Waals surface area contributed by atoms with E-state index in [0.29, 0.717) is 28.9 Å². The van der Waals surface area contributed by atoms with E-state index in [9.17, 15) is 14.4 Å². The van der Waals surface area contributed by atoms with Crippen LogP contribution in [0, 0.1) is 6.92 Å². The van der Waals surface area contributed by atoms with Crippen LogP contribution in [-0.4, -0.2) is 45.0 Å². The number of aromatic nitrogens is 2. The third-order valence-electron chi connectivity index (χ3n) is 6.28. The van der Waals surface area contributed by atoms with Gasteiger partial charge in [0.1, 0.15) is 12.0 Å². The SMILES string of the molecule is Cc1ccccc1C[C@@H](CN1C(=O)c2ccccc2C1=O)NC(=O)c1coc(-c2ccnn2C)c1. The number of hydrogen-bond donors (Lipinski definition) is 1. The summed E-state index contributed by atoms with van der Waals surface area (Å²) >= 11 is 0. The van der Waals surface area contributed by atoms with Crippen LogP contribution in [0.15, 0.2) is 77.5 Å². The van der Waals surface area contributed by atoms with Gasteiger partial charge in [0.15, 0.2) is 5.76 Å². The highest BCUT2D eigenvalue weighted by Gasteiger charge is 2.36. The van der Waals surface area contributed by atoms with E-state index in [0.717, 1.165) is 16.8 Å². The largest absolute Gasteiger partial charge is 0.462 e. The number of benzene rings is 2. The van der Waals surface area contributed by atoms with Crippen LogP contribution < -0.4 is 5.32 Å². The topological polar surface area (TPSA) is 97.4 Å². The van der Waals surface area contributed by atoms with Crippen molar-refractivity contribution in [2.24, 2.45) is 7.05 Å². The Kier molecular flexibility index (Phi) is 5.78. The Bertz CT molecular complexity index is 1400. The zero-order valence-corrected chi connectivity index (χ0v) is 19.4. The molecule has 2 aromatic carbocycles. The number of nitrogens with zero attached hydrogens (tertiary/aromatic N) is 3. The zero-order valence-electron chi connectivity index (χ0n) is 19.4. The Hall–Kier alpha value is -4.46. The molecule has 0 aliphatic carbocycles. The van der Waals surface area contributed by atoms with Crippen molar-refractivity contribution in [1.82, 2.24) is 20.0 Å². The highest BCUT2D eigenvalue weighted by atomic mass is 16.3. The molecule has 0 unspecified atom stereocenters. The smallest absolute Gasteiger partial charge is 0.261 e. The highest BCUT2D eigenvalue weighted by molar-refractivity contribution is 6.21. The predicted octanol–water partition coefficient (Wildman–Crippen LogP) is 3.63. The van der Waals surface area contributed by atoms with E-state index in [1.54, 1.807) is 54.3 Å². The summed E-state index contributed by atoms with van der Waals surface area (Å²) in [4.78, 5) is 40.3. The van der Waals surface area contributed by atoms with Crippen LogP contribution >= 0.6 is 0 Å². The maximum Gasteiger partial charge on any atom is 0.261 e. The quantitative estimate of drug-likeness (QED) is 0.418. The van der Waals surface area contributed by atoms with Gasteiger partial charge in [0.05, 0.1) is 22.7 Å². The summed E-state index contributed by atoms with van der Waals surface area (Å²) in [6.07, 6.45) is 3.50. The van der Waals surface area contributed by atoms with E-state index < -0.39 is 6.04 Å². The minimum Gasteiger partial charge on any atom is -0.462 e. The van der Waals surface area contributed by atoms with E-state index in [1.165, 1.54) is 11.2 Å². The Balaban J connectivity index is 1.39. The first-order chi connectivity index (χ1) is 16.9. The summed E-state index contributed by atoms with van der Waals surface area (Å²) in [6.45, 7) is 2.05. The average Bonchev–Trinajstić information content (AvgIpc) is 3.56. The highest BCUT2D eigenvalue weighted by Crippen LogP contribution is 2.24. The molecule has 0 saturated heterocycles. The van der Waals surface area contributed by atoms with Crippen LogP contribution in [0.25, 0.3) is 11.5 Å². The van der Waals surface area contributed by atoms with Gasteiger partial charge in [0, 0.05) is 19.8 Å². The molecule has 8 heteroatoms. The van der Waals surface area contributed by atoms with Crippen molar-refractivity contribution in [3.63, 3.8) is 0 Å². The third kappa shape index (κ3) is 4.26. The monoisotopic (exact) mass is 468 g/mol. The minimum atomic E-state index is -0.499. The van der Waals surface area contributed by atoms with Gasteiger partial charge in [0.2, 0.25) is 0 Å². The van der Waals surface area contributed by atoms with Gasteiger partial charge in [-0.1, -0.05) is 36.4 Å². The lowest BCUT2D eigenvalue weighted by atomic mass is 10.0. The molecule has 3 heterocycles. The molecule has 1 aliphatic heterocycles. The molecule has 35 heavy (non-hydrogen) atoms. The van der Waals surface area contributed by atoms with Gasteiger partial charge in [-0.05, 0) is 48.7 Å². The van der Waals surface area contributed by atoms with Crippen molar-refractivity contribution in [2.45, 2.75) is 19.4 Å². The van der Waals surface area contributed by atoms with Crippen LogP contribution in [0.3, 0.4) is 0 Å². The lowest BCUT2D eigenvalue weighted by molar-refractivity contribution is 0.0628. The number of rotatable bonds is 7. The van der Waals surface area contributed by atoms with E-state index >= 15 is 0 Å². The summed E-state index contributed by atoms with van der Waals surface area (Å²) < 4.78 is 7.26. The Morgan fingerprint density at radius 1 is 1.03 bits per heavy atom.